The lowest BCUT2D eigenvalue weighted by Gasteiger charge is -2.11. The van der Waals surface area contributed by atoms with Crippen LogP contribution in [0.2, 0.25) is 0 Å². The van der Waals surface area contributed by atoms with Crippen molar-refractivity contribution in [2.75, 3.05) is 6.54 Å². The molecule has 1 amide bonds. The molecule has 1 N–H and O–H groups in total. The Morgan fingerprint density at radius 3 is 2.79 bits per heavy atom. The molecule has 0 aliphatic rings. The van der Waals surface area contributed by atoms with Crippen LogP contribution in [0.25, 0.3) is 11.0 Å². The highest BCUT2D eigenvalue weighted by atomic mass is 16.1. The topological polar surface area (TPSA) is 46.9 Å². The zero-order chi connectivity index (χ0) is 17.4. The molecule has 2 aromatic rings. The molecule has 0 unspecified atom stereocenters. The van der Waals surface area contributed by atoms with E-state index in [1.807, 2.05) is 13.0 Å². The Bertz CT molecular complexity index is 685. The van der Waals surface area contributed by atoms with Gasteiger partial charge in [0.25, 0.3) is 0 Å². The van der Waals surface area contributed by atoms with Gasteiger partial charge in [-0.3, -0.25) is 4.79 Å². The van der Waals surface area contributed by atoms with E-state index in [0.717, 1.165) is 44.3 Å². The van der Waals surface area contributed by atoms with Gasteiger partial charge >= 0.3 is 0 Å². The Kier molecular flexibility index (Phi) is 7.04. The molecule has 0 radical (unpaired) electrons. The molecule has 0 saturated heterocycles. The third-order valence-corrected chi connectivity index (χ3v) is 3.98. The predicted molar refractivity (Wildman–Crippen MR) is 99.9 cm³/mol. The van der Waals surface area contributed by atoms with Crippen molar-refractivity contribution >= 4 is 16.9 Å². The lowest BCUT2D eigenvalue weighted by Crippen LogP contribution is -2.22. The molecule has 130 valence electrons. The summed E-state index contributed by atoms with van der Waals surface area (Å²) in [5.41, 5.74) is 2.33. The minimum absolute atomic E-state index is 0.00349. The second-order valence-electron chi connectivity index (χ2n) is 6.62. The van der Waals surface area contributed by atoms with Crippen molar-refractivity contribution in [1.29, 1.82) is 0 Å². The van der Waals surface area contributed by atoms with E-state index in [1.54, 1.807) is 12.2 Å². The summed E-state index contributed by atoms with van der Waals surface area (Å²) < 4.78 is 2.37. The number of aryl methyl sites for hydroxylation is 1. The van der Waals surface area contributed by atoms with Gasteiger partial charge in [0, 0.05) is 19.5 Å². The van der Waals surface area contributed by atoms with Crippen LogP contribution in [0.15, 0.2) is 36.4 Å². The minimum Gasteiger partial charge on any atom is -0.353 e. The van der Waals surface area contributed by atoms with E-state index >= 15 is 0 Å². The van der Waals surface area contributed by atoms with Crippen LogP contribution in [0.4, 0.5) is 0 Å². The van der Waals surface area contributed by atoms with Crippen molar-refractivity contribution in [2.24, 2.45) is 5.92 Å². The zero-order valence-corrected chi connectivity index (χ0v) is 15.1. The van der Waals surface area contributed by atoms with Gasteiger partial charge in [-0.15, -0.1) is 0 Å². The van der Waals surface area contributed by atoms with E-state index < -0.39 is 0 Å². The molecule has 1 heterocycles. The maximum absolute atomic E-state index is 11.3. The van der Waals surface area contributed by atoms with E-state index in [2.05, 4.69) is 41.9 Å². The van der Waals surface area contributed by atoms with Gasteiger partial charge < -0.3 is 9.88 Å². The third-order valence-electron chi connectivity index (χ3n) is 3.98. The van der Waals surface area contributed by atoms with Gasteiger partial charge in [-0.25, -0.2) is 4.98 Å². The number of benzene rings is 1. The number of imidazole rings is 1. The van der Waals surface area contributed by atoms with E-state index in [9.17, 15) is 4.79 Å². The monoisotopic (exact) mass is 327 g/mol. The summed E-state index contributed by atoms with van der Waals surface area (Å²) >= 11 is 0. The Morgan fingerprint density at radius 2 is 2.04 bits per heavy atom. The maximum atomic E-state index is 11.3. The van der Waals surface area contributed by atoms with E-state index in [4.69, 9.17) is 4.98 Å². The van der Waals surface area contributed by atoms with Gasteiger partial charge in [0.15, 0.2) is 0 Å². The average molecular weight is 327 g/mol. The van der Waals surface area contributed by atoms with Crippen LogP contribution in [0.1, 0.15) is 45.9 Å². The number of unbranched alkanes of at least 4 members (excludes halogenated alkanes) is 2. The van der Waals surface area contributed by atoms with Crippen LogP contribution in [0.3, 0.4) is 0 Å². The molecule has 0 fully saturated rings. The van der Waals surface area contributed by atoms with Gasteiger partial charge in [0.2, 0.25) is 5.91 Å². The predicted octanol–water partition coefficient (Wildman–Crippen LogP) is 4.10. The summed E-state index contributed by atoms with van der Waals surface area (Å²) in [7, 11) is 0. The Morgan fingerprint density at radius 1 is 1.25 bits per heavy atom. The highest BCUT2D eigenvalue weighted by Gasteiger charge is 2.11. The number of rotatable bonds is 9. The number of fused-ring (bicyclic) bond motifs is 1. The molecule has 0 saturated carbocycles. The molecule has 1 aromatic heterocycles. The standard InChI is InChI=1S/C20H29N3O/c1-4-10-20(24)21-14-9-5-6-13-19-22-17-11-7-8-12-18(17)23(19)15-16(2)3/h4,7-8,10-12,16H,5-6,9,13-15H2,1-3H3,(H,21,24)/b10-4+. The highest BCUT2D eigenvalue weighted by molar-refractivity contribution is 5.87. The van der Waals surface area contributed by atoms with Crippen LogP contribution >= 0.6 is 0 Å². The van der Waals surface area contributed by atoms with E-state index in [-0.39, 0.29) is 5.91 Å². The van der Waals surface area contributed by atoms with Gasteiger partial charge in [-0.05, 0) is 43.9 Å². The largest absolute Gasteiger partial charge is 0.353 e. The van der Waals surface area contributed by atoms with Crippen molar-refractivity contribution in [3.05, 3.63) is 42.2 Å². The molecule has 0 bridgehead atoms. The van der Waals surface area contributed by atoms with Crippen molar-refractivity contribution in [2.45, 2.75) is 53.0 Å². The number of allylic oxidation sites excluding steroid dienone is 1. The quantitative estimate of drug-likeness (QED) is 0.557. The molecular weight excluding hydrogens is 298 g/mol. The lowest BCUT2D eigenvalue weighted by atomic mass is 10.1. The molecule has 2 rings (SSSR count). The Hall–Kier alpha value is -2.10. The second-order valence-corrected chi connectivity index (χ2v) is 6.62. The normalized spacial score (nSPS) is 11.7. The van der Waals surface area contributed by atoms with Crippen LogP contribution in [-0.4, -0.2) is 22.0 Å². The summed E-state index contributed by atoms with van der Waals surface area (Å²) in [4.78, 5) is 16.2. The molecule has 24 heavy (non-hydrogen) atoms. The van der Waals surface area contributed by atoms with Gasteiger partial charge in [-0.2, -0.15) is 0 Å². The SMILES string of the molecule is C/C=C/C(=O)NCCCCCc1nc2ccccc2n1CC(C)C. The number of amides is 1. The first-order valence-corrected chi connectivity index (χ1v) is 8.96. The van der Waals surface area contributed by atoms with Gasteiger partial charge in [0.05, 0.1) is 11.0 Å². The van der Waals surface area contributed by atoms with Crippen LogP contribution < -0.4 is 5.32 Å². The molecule has 4 nitrogen and oxygen atoms in total. The number of carbonyl (C=O) groups excluding carboxylic acids is 1. The van der Waals surface area contributed by atoms with Gasteiger partial charge in [0.1, 0.15) is 5.82 Å². The molecule has 0 spiro atoms. The number of carbonyl (C=O) groups is 1. The summed E-state index contributed by atoms with van der Waals surface area (Å²) in [5.74, 6) is 1.78. The molecular formula is C20H29N3O. The first kappa shape index (κ1) is 18.2. The molecule has 4 heteroatoms. The Balaban J connectivity index is 1.87. The van der Waals surface area contributed by atoms with Crippen LogP contribution in [0, 0.1) is 5.92 Å². The van der Waals surface area contributed by atoms with E-state index in [0.29, 0.717) is 5.92 Å². The maximum Gasteiger partial charge on any atom is 0.243 e. The number of hydrogen-bond donors (Lipinski definition) is 1. The fraction of sp³-hybridized carbons (Fsp3) is 0.500. The molecule has 0 aliphatic heterocycles. The molecule has 0 atom stereocenters. The van der Waals surface area contributed by atoms with Crippen LogP contribution in [-0.2, 0) is 17.8 Å². The van der Waals surface area contributed by atoms with Gasteiger partial charge in [-0.1, -0.05) is 38.5 Å². The highest BCUT2D eigenvalue weighted by Crippen LogP contribution is 2.19. The fourth-order valence-corrected chi connectivity index (χ4v) is 2.89. The number of para-hydroxylation sites is 2. The summed E-state index contributed by atoms with van der Waals surface area (Å²) in [6.45, 7) is 8.08. The number of hydrogen-bond acceptors (Lipinski definition) is 2. The summed E-state index contributed by atoms with van der Waals surface area (Å²) in [6.07, 6.45) is 7.52. The van der Waals surface area contributed by atoms with Crippen molar-refractivity contribution in [3.8, 4) is 0 Å². The Labute approximate surface area is 145 Å². The lowest BCUT2D eigenvalue weighted by molar-refractivity contribution is -0.116. The van der Waals surface area contributed by atoms with Crippen LogP contribution in [0.5, 0.6) is 0 Å². The number of nitrogens with zero attached hydrogens (tertiary/aromatic N) is 2. The van der Waals surface area contributed by atoms with Crippen molar-refractivity contribution in [1.82, 2.24) is 14.9 Å². The fourth-order valence-electron chi connectivity index (χ4n) is 2.89. The number of nitrogens with one attached hydrogen (secondary N) is 1. The second kappa shape index (κ2) is 9.26. The van der Waals surface area contributed by atoms with E-state index in [1.165, 1.54) is 11.3 Å². The zero-order valence-electron chi connectivity index (χ0n) is 15.1. The minimum atomic E-state index is -0.00349. The average Bonchev–Trinajstić information content (AvgIpc) is 2.88. The van der Waals surface area contributed by atoms with Crippen molar-refractivity contribution < 1.29 is 4.79 Å². The first-order valence-electron chi connectivity index (χ1n) is 8.96. The first-order chi connectivity index (χ1) is 11.6. The molecule has 0 aliphatic carbocycles. The summed E-state index contributed by atoms with van der Waals surface area (Å²) in [5, 5.41) is 2.89. The third kappa shape index (κ3) is 5.22. The smallest absolute Gasteiger partial charge is 0.243 e. The summed E-state index contributed by atoms with van der Waals surface area (Å²) in [6, 6.07) is 8.38. The number of aromatic nitrogens is 2. The van der Waals surface area contributed by atoms with Crippen molar-refractivity contribution in [3.63, 3.8) is 0 Å². The molecule has 1 aromatic carbocycles.